The van der Waals surface area contributed by atoms with Crippen molar-refractivity contribution in [1.29, 1.82) is 0 Å². The molecule has 1 saturated heterocycles. The average Bonchev–Trinajstić information content (AvgIpc) is 3.07. The first-order chi connectivity index (χ1) is 12.9. The number of likely N-dealkylation sites (N-methyl/N-ethyl adjacent to an activating group) is 1. The van der Waals surface area contributed by atoms with Gasteiger partial charge in [-0.05, 0) is 75.4 Å². The van der Waals surface area contributed by atoms with Gasteiger partial charge >= 0.3 is 0 Å². The molecule has 4 nitrogen and oxygen atoms in total. The van der Waals surface area contributed by atoms with Crippen molar-refractivity contribution >= 4 is 40.5 Å². The van der Waals surface area contributed by atoms with Crippen molar-refractivity contribution in [2.24, 2.45) is 4.99 Å². The topological polar surface area (TPSA) is 37.6 Å². The second kappa shape index (κ2) is 7.90. The lowest BCUT2D eigenvalue weighted by Gasteiger charge is -2.11. The maximum atomic E-state index is 13.5. The summed E-state index contributed by atoms with van der Waals surface area (Å²) in [5, 5.41) is 0.829. The van der Waals surface area contributed by atoms with Crippen LogP contribution in [0.1, 0.15) is 30.8 Å². The second-order valence-corrected chi connectivity index (χ2v) is 7.59. The summed E-state index contributed by atoms with van der Waals surface area (Å²) < 4.78 is 15.5. The van der Waals surface area contributed by atoms with Crippen LogP contribution in [0.4, 0.5) is 4.39 Å². The van der Waals surface area contributed by atoms with E-state index in [1.54, 1.807) is 17.0 Å². The van der Waals surface area contributed by atoms with Gasteiger partial charge in [0, 0.05) is 30.2 Å². The van der Waals surface area contributed by atoms with Crippen LogP contribution >= 0.6 is 23.4 Å². The van der Waals surface area contributed by atoms with Crippen molar-refractivity contribution < 1.29 is 9.18 Å². The Labute approximate surface area is 167 Å². The first-order valence-electron chi connectivity index (χ1n) is 8.77. The van der Waals surface area contributed by atoms with E-state index in [4.69, 9.17) is 11.6 Å². The van der Waals surface area contributed by atoms with Crippen molar-refractivity contribution in [3.8, 4) is 5.69 Å². The number of rotatable bonds is 4. The fourth-order valence-electron chi connectivity index (χ4n) is 3.14. The third-order valence-corrected chi connectivity index (χ3v) is 5.75. The van der Waals surface area contributed by atoms with E-state index >= 15 is 0 Å². The molecule has 7 heteroatoms. The summed E-state index contributed by atoms with van der Waals surface area (Å²) in [6.45, 7) is 9.07. The smallest absolute Gasteiger partial charge is 0.266 e. The van der Waals surface area contributed by atoms with Gasteiger partial charge in [0.2, 0.25) is 0 Å². The van der Waals surface area contributed by atoms with Gasteiger partial charge in [-0.1, -0.05) is 11.6 Å². The SMILES string of the molecule is CCN=C1SC(=Cc2cc(C)n(-c3ccc(F)c(Cl)c3)c2C)C(=O)N1CC. The largest absolute Gasteiger partial charge is 0.318 e. The van der Waals surface area contributed by atoms with Crippen LogP contribution in [-0.4, -0.2) is 33.6 Å². The minimum atomic E-state index is -0.444. The van der Waals surface area contributed by atoms with Gasteiger partial charge in [-0.15, -0.1) is 0 Å². The van der Waals surface area contributed by atoms with Crippen molar-refractivity contribution in [3.05, 3.63) is 57.0 Å². The molecule has 0 saturated carbocycles. The molecule has 1 aliphatic heterocycles. The number of benzene rings is 1. The van der Waals surface area contributed by atoms with Crippen molar-refractivity contribution in [3.63, 3.8) is 0 Å². The Kier molecular flexibility index (Phi) is 5.77. The third-order valence-electron chi connectivity index (χ3n) is 4.42. The number of carbonyl (C=O) groups excluding carboxylic acids is 1. The van der Waals surface area contributed by atoms with Gasteiger partial charge in [0.25, 0.3) is 5.91 Å². The normalized spacial score (nSPS) is 17.6. The van der Waals surface area contributed by atoms with Crippen LogP contribution < -0.4 is 0 Å². The Morgan fingerprint density at radius 3 is 2.63 bits per heavy atom. The zero-order valence-electron chi connectivity index (χ0n) is 15.7. The van der Waals surface area contributed by atoms with Gasteiger partial charge in [0.1, 0.15) is 5.82 Å². The molecule has 1 amide bonds. The molecule has 0 aliphatic carbocycles. The zero-order chi connectivity index (χ0) is 19.7. The van der Waals surface area contributed by atoms with Gasteiger partial charge in [0.05, 0.1) is 9.93 Å². The summed E-state index contributed by atoms with van der Waals surface area (Å²) in [5.41, 5.74) is 3.67. The Morgan fingerprint density at radius 1 is 1.26 bits per heavy atom. The molecule has 27 heavy (non-hydrogen) atoms. The monoisotopic (exact) mass is 405 g/mol. The lowest BCUT2D eigenvalue weighted by atomic mass is 10.2. The minimum absolute atomic E-state index is 0.0238. The van der Waals surface area contributed by atoms with Gasteiger partial charge in [-0.25, -0.2) is 4.39 Å². The minimum Gasteiger partial charge on any atom is -0.318 e. The molecule has 2 aromatic rings. The summed E-state index contributed by atoms with van der Waals surface area (Å²) >= 11 is 7.35. The molecule has 0 spiro atoms. The molecule has 0 atom stereocenters. The number of aliphatic imine (C=N–C) groups is 1. The van der Waals surface area contributed by atoms with Crippen LogP contribution in [0, 0.1) is 19.7 Å². The molecule has 1 aliphatic rings. The van der Waals surface area contributed by atoms with E-state index in [0.717, 1.165) is 27.8 Å². The predicted molar refractivity (Wildman–Crippen MR) is 111 cm³/mol. The number of aromatic nitrogens is 1. The van der Waals surface area contributed by atoms with Crippen LogP contribution in [0.5, 0.6) is 0 Å². The lowest BCUT2D eigenvalue weighted by Crippen LogP contribution is -2.28. The second-order valence-electron chi connectivity index (χ2n) is 6.18. The molecular weight excluding hydrogens is 385 g/mol. The lowest BCUT2D eigenvalue weighted by molar-refractivity contribution is -0.122. The van der Waals surface area contributed by atoms with Crippen molar-refractivity contribution in [1.82, 2.24) is 9.47 Å². The van der Waals surface area contributed by atoms with Crippen molar-refractivity contribution in [2.45, 2.75) is 27.7 Å². The standard InChI is InChI=1S/C20H21ClFN3OS/c1-5-23-20-24(6-2)19(26)18(27-20)10-14-9-12(3)25(13(14)4)15-7-8-17(22)16(21)11-15/h7-11H,5-6H2,1-4H3. The Morgan fingerprint density at radius 2 is 2.00 bits per heavy atom. The number of hydrogen-bond acceptors (Lipinski definition) is 3. The van der Waals surface area contributed by atoms with Gasteiger partial charge < -0.3 is 4.57 Å². The number of aryl methyl sites for hydroxylation is 1. The summed E-state index contributed by atoms with van der Waals surface area (Å²) in [6, 6.07) is 6.67. The van der Waals surface area contributed by atoms with Crippen LogP contribution in [0.3, 0.4) is 0 Å². The highest BCUT2D eigenvalue weighted by Crippen LogP contribution is 2.34. The highest BCUT2D eigenvalue weighted by atomic mass is 35.5. The molecule has 1 aromatic heterocycles. The highest BCUT2D eigenvalue weighted by Gasteiger charge is 2.32. The molecule has 1 aromatic carbocycles. The van der Waals surface area contributed by atoms with Gasteiger partial charge in [0.15, 0.2) is 5.17 Å². The first kappa shape index (κ1) is 19.7. The molecule has 0 bridgehead atoms. The Hall–Kier alpha value is -2.05. The van der Waals surface area contributed by atoms with E-state index in [0.29, 0.717) is 18.0 Å². The van der Waals surface area contributed by atoms with Crippen LogP contribution in [0.15, 0.2) is 34.2 Å². The summed E-state index contributed by atoms with van der Waals surface area (Å²) in [4.78, 5) is 19.4. The van der Waals surface area contributed by atoms with E-state index in [2.05, 4.69) is 4.99 Å². The van der Waals surface area contributed by atoms with E-state index in [-0.39, 0.29) is 10.9 Å². The maximum absolute atomic E-state index is 13.5. The molecule has 0 radical (unpaired) electrons. The Balaban J connectivity index is 2.02. The van der Waals surface area contributed by atoms with Crippen LogP contribution in [0.2, 0.25) is 5.02 Å². The van der Waals surface area contributed by atoms with E-state index in [1.165, 1.54) is 17.8 Å². The molecule has 2 heterocycles. The van der Waals surface area contributed by atoms with E-state index in [1.807, 2.05) is 44.4 Å². The molecule has 142 valence electrons. The third kappa shape index (κ3) is 3.69. The number of hydrogen-bond donors (Lipinski definition) is 0. The van der Waals surface area contributed by atoms with Gasteiger partial charge in [-0.2, -0.15) is 0 Å². The highest BCUT2D eigenvalue weighted by molar-refractivity contribution is 8.18. The number of thioether (sulfide) groups is 1. The number of nitrogens with zero attached hydrogens (tertiary/aromatic N) is 3. The maximum Gasteiger partial charge on any atom is 0.266 e. The molecule has 1 fully saturated rings. The average molecular weight is 406 g/mol. The molecule has 3 rings (SSSR count). The van der Waals surface area contributed by atoms with Crippen LogP contribution in [0.25, 0.3) is 11.8 Å². The molecular formula is C20H21ClFN3OS. The Bertz CT molecular complexity index is 964. The van der Waals surface area contributed by atoms with Crippen LogP contribution in [-0.2, 0) is 4.79 Å². The van der Waals surface area contributed by atoms with E-state index < -0.39 is 5.82 Å². The number of amidine groups is 1. The quantitative estimate of drug-likeness (QED) is 0.655. The zero-order valence-corrected chi connectivity index (χ0v) is 17.3. The number of amides is 1. The predicted octanol–water partition coefficient (Wildman–Crippen LogP) is 5.20. The van der Waals surface area contributed by atoms with Crippen molar-refractivity contribution in [2.75, 3.05) is 13.1 Å². The molecule has 0 N–H and O–H groups in total. The van der Waals surface area contributed by atoms with Gasteiger partial charge in [-0.3, -0.25) is 14.7 Å². The summed E-state index contributed by atoms with van der Waals surface area (Å²) in [6.07, 6.45) is 1.90. The summed E-state index contributed by atoms with van der Waals surface area (Å²) in [7, 11) is 0. The fraction of sp³-hybridized carbons (Fsp3) is 0.300. The van der Waals surface area contributed by atoms with E-state index in [9.17, 15) is 9.18 Å². The molecule has 0 unspecified atom stereocenters. The number of halogens is 2. The first-order valence-corrected chi connectivity index (χ1v) is 9.97. The summed E-state index contributed by atoms with van der Waals surface area (Å²) in [5.74, 6) is -0.468. The number of carbonyl (C=O) groups is 1. The fourth-order valence-corrected chi connectivity index (χ4v) is 4.41.